The second kappa shape index (κ2) is 8.08. The Morgan fingerprint density at radius 3 is 2.85 bits per heavy atom. The Labute approximate surface area is 159 Å². The molecule has 1 aliphatic rings. The van der Waals surface area contributed by atoms with Crippen molar-refractivity contribution in [3.8, 4) is 5.75 Å². The first-order valence-electron chi connectivity index (χ1n) is 8.95. The molecule has 1 heterocycles. The predicted molar refractivity (Wildman–Crippen MR) is 106 cm³/mol. The van der Waals surface area contributed by atoms with Crippen LogP contribution in [0.3, 0.4) is 0 Å². The van der Waals surface area contributed by atoms with Crippen LogP contribution >= 0.6 is 0 Å². The molecule has 1 aliphatic heterocycles. The average Bonchev–Trinajstić information content (AvgIpc) is 2.96. The fourth-order valence-corrected chi connectivity index (χ4v) is 3.35. The van der Waals surface area contributed by atoms with Crippen LogP contribution in [0.2, 0.25) is 0 Å². The summed E-state index contributed by atoms with van der Waals surface area (Å²) in [7, 11) is 1.61. The minimum atomic E-state index is -0.453. The molecule has 2 aromatic carbocycles. The van der Waals surface area contributed by atoms with Crippen molar-refractivity contribution >= 4 is 17.5 Å². The van der Waals surface area contributed by atoms with E-state index in [0.717, 1.165) is 28.1 Å². The average molecular weight is 364 g/mol. The third-order valence-electron chi connectivity index (χ3n) is 4.75. The minimum Gasteiger partial charge on any atom is -0.497 e. The zero-order valence-electron chi connectivity index (χ0n) is 15.7. The van der Waals surface area contributed by atoms with Crippen LogP contribution in [-0.4, -0.2) is 30.4 Å². The van der Waals surface area contributed by atoms with E-state index in [9.17, 15) is 9.59 Å². The lowest BCUT2D eigenvalue weighted by Gasteiger charge is -2.23. The molecule has 5 heteroatoms. The maximum atomic E-state index is 12.9. The number of rotatable bonds is 7. The van der Waals surface area contributed by atoms with Gasteiger partial charge in [0.1, 0.15) is 5.75 Å². The first-order valence-corrected chi connectivity index (χ1v) is 8.95. The fraction of sp³-hybridized carbons (Fsp3) is 0.273. The molecule has 27 heavy (non-hydrogen) atoms. The first kappa shape index (κ1) is 18.7. The molecular weight excluding hydrogens is 340 g/mol. The molecule has 3 rings (SSSR count). The van der Waals surface area contributed by atoms with Gasteiger partial charge >= 0.3 is 0 Å². The van der Waals surface area contributed by atoms with Crippen molar-refractivity contribution in [3.63, 3.8) is 0 Å². The van der Waals surface area contributed by atoms with Gasteiger partial charge in [-0.05, 0) is 41.8 Å². The van der Waals surface area contributed by atoms with E-state index in [-0.39, 0.29) is 18.2 Å². The Balaban J connectivity index is 1.76. The Morgan fingerprint density at radius 1 is 1.30 bits per heavy atom. The number of carbonyl (C=O) groups is 2. The largest absolute Gasteiger partial charge is 0.497 e. The molecule has 0 saturated carbocycles. The van der Waals surface area contributed by atoms with Gasteiger partial charge in [-0.1, -0.05) is 30.3 Å². The Kier molecular flexibility index (Phi) is 5.60. The van der Waals surface area contributed by atoms with Crippen molar-refractivity contribution in [2.75, 3.05) is 19.0 Å². The second-order valence-corrected chi connectivity index (χ2v) is 6.75. The van der Waals surface area contributed by atoms with Crippen molar-refractivity contribution < 1.29 is 14.3 Å². The summed E-state index contributed by atoms with van der Waals surface area (Å²) in [5.74, 6) is 0.0962. The molecule has 1 atom stereocenters. The molecule has 0 saturated heterocycles. The number of amides is 2. The third-order valence-corrected chi connectivity index (χ3v) is 4.75. The monoisotopic (exact) mass is 364 g/mol. The molecule has 2 amide bonds. The Hall–Kier alpha value is -3.08. The molecule has 0 aromatic heterocycles. The van der Waals surface area contributed by atoms with Gasteiger partial charge in [-0.3, -0.25) is 9.59 Å². The van der Waals surface area contributed by atoms with Gasteiger partial charge in [0, 0.05) is 25.2 Å². The van der Waals surface area contributed by atoms with Crippen LogP contribution in [0.4, 0.5) is 5.69 Å². The highest BCUT2D eigenvalue weighted by molar-refractivity contribution is 6.05. The maximum Gasteiger partial charge on any atom is 0.232 e. The normalized spacial score (nSPS) is 15.0. The van der Waals surface area contributed by atoms with Gasteiger partial charge in [0.25, 0.3) is 0 Å². The number of benzene rings is 2. The smallest absolute Gasteiger partial charge is 0.232 e. The molecule has 0 unspecified atom stereocenters. The number of nitrogens with zero attached hydrogens (tertiary/aromatic N) is 1. The van der Waals surface area contributed by atoms with Crippen LogP contribution < -0.4 is 10.1 Å². The lowest BCUT2D eigenvalue weighted by atomic mass is 9.95. The minimum absolute atomic E-state index is 0.0775. The number of aryl methyl sites for hydroxylation is 1. The molecule has 0 aliphatic carbocycles. The van der Waals surface area contributed by atoms with Crippen LogP contribution in [0.15, 0.2) is 55.1 Å². The zero-order valence-corrected chi connectivity index (χ0v) is 15.7. The van der Waals surface area contributed by atoms with E-state index in [1.54, 1.807) is 18.1 Å². The van der Waals surface area contributed by atoms with Gasteiger partial charge in [0.2, 0.25) is 11.8 Å². The number of hydrogen-bond donors (Lipinski definition) is 1. The molecule has 0 bridgehead atoms. The SMILES string of the molecule is C=CCN(Cc1cccc(OC)c1)C(=O)C[C@H]1C(=O)Nc2cc(C)ccc21. The van der Waals surface area contributed by atoms with Crippen LogP contribution in [0, 0.1) is 6.92 Å². The van der Waals surface area contributed by atoms with E-state index in [1.165, 1.54) is 0 Å². The Morgan fingerprint density at radius 2 is 2.11 bits per heavy atom. The zero-order chi connectivity index (χ0) is 19.4. The van der Waals surface area contributed by atoms with Crippen LogP contribution in [0.5, 0.6) is 5.75 Å². The number of carbonyl (C=O) groups excluding carboxylic acids is 2. The lowest BCUT2D eigenvalue weighted by Crippen LogP contribution is -2.32. The topological polar surface area (TPSA) is 58.6 Å². The fourth-order valence-electron chi connectivity index (χ4n) is 3.35. The number of hydrogen-bond acceptors (Lipinski definition) is 3. The number of ether oxygens (including phenoxy) is 1. The molecule has 0 radical (unpaired) electrons. The van der Waals surface area contributed by atoms with Gasteiger partial charge < -0.3 is 15.0 Å². The van der Waals surface area contributed by atoms with Crippen molar-refractivity contribution in [1.82, 2.24) is 4.90 Å². The highest BCUT2D eigenvalue weighted by Gasteiger charge is 2.33. The van der Waals surface area contributed by atoms with Gasteiger partial charge in [-0.25, -0.2) is 0 Å². The van der Waals surface area contributed by atoms with Gasteiger partial charge in [-0.2, -0.15) is 0 Å². The lowest BCUT2D eigenvalue weighted by molar-refractivity contribution is -0.133. The summed E-state index contributed by atoms with van der Waals surface area (Å²) in [6.07, 6.45) is 1.84. The summed E-state index contributed by atoms with van der Waals surface area (Å²) in [4.78, 5) is 27.0. The molecule has 0 spiro atoms. The maximum absolute atomic E-state index is 12.9. The number of anilines is 1. The summed E-state index contributed by atoms with van der Waals surface area (Å²) in [6, 6.07) is 13.5. The molecule has 140 valence electrons. The van der Waals surface area contributed by atoms with E-state index in [4.69, 9.17) is 4.74 Å². The standard InChI is InChI=1S/C22H24N2O3/c1-4-10-24(14-16-6-5-7-17(12-16)27-3)21(25)13-19-18-9-8-15(2)11-20(18)23-22(19)26/h4-9,11-12,19H,1,10,13-14H2,2-3H3,(H,23,26)/t19-/m1/s1. The third kappa shape index (κ3) is 4.19. The number of fused-ring (bicyclic) bond motifs is 1. The van der Waals surface area contributed by atoms with Crippen LogP contribution in [-0.2, 0) is 16.1 Å². The van der Waals surface area contributed by atoms with Crippen molar-refractivity contribution in [3.05, 3.63) is 71.8 Å². The van der Waals surface area contributed by atoms with Gasteiger partial charge in [0.05, 0.1) is 13.0 Å². The van der Waals surface area contributed by atoms with Gasteiger partial charge in [-0.15, -0.1) is 6.58 Å². The highest BCUT2D eigenvalue weighted by atomic mass is 16.5. The highest BCUT2D eigenvalue weighted by Crippen LogP contribution is 2.35. The first-order chi connectivity index (χ1) is 13.0. The van der Waals surface area contributed by atoms with Gasteiger partial charge in [0.15, 0.2) is 0 Å². The number of nitrogens with one attached hydrogen (secondary N) is 1. The van der Waals surface area contributed by atoms with E-state index in [2.05, 4.69) is 11.9 Å². The summed E-state index contributed by atoms with van der Waals surface area (Å²) in [5, 5.41) is 2.88. The summed E-state index contributed by atoms with van der Waals surface area (Å²) >= 11 is 0. The quantitative estimate of drug-likeness (QED) is 0.763. The predicted octanol–water partition coefficient (Wildman–Crippen LogP) is 3.64. The summed E-state index contributed by atoms with van der Waals surface area (Å²) in [6.45, 7) is 6.59. The van der Waals surface area contributed by atoms with E-state index in [1.807, 2.05) is 49.4 Å². The molecule has 0 fully saturated rings. The Bertz CT molecular complexity index is 876. The van der Waals surface area contributed by atoms with E-state index < -0.39 is 5.92 Å². The molecule has 5 nitrogen and oxygen atoms in total. The summed E-state index contributed by atoms with van der Waals surface area (Å²) in [5.41, 5.74) is 3.74. The van der Waals surface area contributed by atoms with Crippen LogP contribution in [0.1, 0.15) is 29.0 Å². The van der Waals surface area contributed by atoms with Crippen LogP contribution in [0.25, 0.3) is 0 Å². The summed E-state index contributed by atoms with van der Waals surface area (Å²) < 4.78 is 5.25. The van der Waals surface area contributed by atoms with Crippen molar-refractivity contribution in [1.29, 1.82) is 0 Å². The molecule has 2 aromatic rings. The second-order valence-electron chi connectivity index (χ2n) is 6.75. The van der Waals surface area contributed by atoms with E-state index >= 15 is 0 Å². The van der Waals surface area contributed by atoms with Crippen molar-refractivity contribution in [2.24, 2.45) is 0 Å². The number of methoxy groups -OCH3 is 1. The molecule has 1 N–H and O–H groups in total. The van der Waals surface area contributed by atoms with E-state index in [0.29, 0.717) is 13.1 Å². The van der Waals surface area contributed by atoms with Crippen molar-refractivity contribution in [2.45, 2.75) is 25.8 Å². The molecular formula is C22H24N2O3.